The highest BCUT2D eigenvalue weighted by Gasteiger charge is 2.46. The Morgan fingerprint density at radius 1 is 0.514 bits per heavy atom. The molecular weight excluding hydrogens is 491 g/mol. The van der Waals surface area contributed by atoms with Gasteiger partial charge in [-0.1, -0.05) is 122 Å². The summed E-state index contributed by atoms with van der Waals surface area (Å²) in [5.41, 5.74) is 15.9. The van der Waals surface area contributed by atoms with E-state index in [0.29, 0.717) is 10.0 Å². The Bertz CT molecular complexity index is 1790. The average molecular weight is 515 g/mol. The van der Waals surface area contributed by atoms with Gasteiger partial charge in [0.1, 0.15) is 0 Å². The summed E-state index contributed by atoms with van der Waals surface area (Å²) in [6, 6.07) is 35.7. The van der Waals surface area contributed by atoms with Crippen molar-refractivity contribution in [3.05, 3.63) is 140 Å². The van der Waals surface area contributed by atoms with E-state index in [9.17, 15) is 0 Å². The van der Waals surface area contributed by atoms with Crippen molar-refractivity contribution in [3.8, 4) is 33.4 Å². The molecule has 178 valence electrons. The highest BCUT2D eigenvalue weighted by atomic mass is 35.5. The first-order chi connectivity index (χ1) is 18.0. The first-order valence-corrected chi connectivity index (χ1v) is 13.7. The molecule has 0 bridgehead atoms. The zero-order valence-electron chi connectivity index (χ0n) is 20.6. The summed E-state index contributed by atoms with van der Waals surface area (Å²) in [5, 5.41) is 1.23. The molecule has 0 N–H and O–H groups in total. The van der Waals surface area contributed by atoms with Crippen molar-refractivity contribution >= 4 is 23.2 Å². The van der Waals surface area contributed by atoms with Crippen molar-refractivity contribution in [2.75, 3.05) is 0 Å². The van der Waals surface area contributed by atoms with Gasteiger partial charge in [0.25, 0.3) is 0 Å². The molecule has 0 spiro atoms. The van der Waals surface area contributed by atoms with Crippen LogP contribution in [0.5, 0.6) is 0 Å². The molecule has 0 nitrogen and oxygen atoms in total. The molecule has 0 amide bonds. The van der Waals surface area contributed by atoms with Crippen molar-refractivity contribution in [3.63, 3.8) is 0 Å². The van der Waals surface area contributed by atoms with E-state index < -0.39 is 0 Å². The number of hydrogen-bond acceptors (Lipinski definition) is 0. The molecule has 0 saturated carbocycles. The minimum Gasteiger partial charge on any atom is -0.0827 e. The zero-order valence-corrected chi connectivity index (χ0v) is 22.2. The molecule has 5 aromatic carbocycles. The third-order valence-corrected chi connectivity index (χ3v) is 9.72. The second kappa shape index (κ2) is 7.38. The highest BCUT2D eigenvalue weighted by molar-refractivity contribution is 6.42. The zero-order chi connectivity index (χ0) is 25.1. The molecule has 0 heterocycles. The van der Waals surface area contributed by atoms with Crippen molar-refractivity contribution in [1.82, 2.24) is 0 Å². The van der Waals surface area contributed by atoms with Crippen LogP contribution < -0.4 is 0 Å². The van der Waals surface area contributed by atoms with Gasteiger partial charge >= 0.3 is 0 Å². The van der Waals surface area contributed by atoms with Crippen LogP contribution in [-0.4, -0.2) is 0 Å². The van der Waals surface area contributed by atoms with Gasteiger partial charge in [-0.15, -0.1) is 0 Å². The summed E-state index contributed by atoms with van der Waals surface area (Å²) >= 11 is 13.5. The summed E-state index contributed by atoms with van der Waals surface area (Å²) in [6.45, 7) is 4.73. The summed E-state index contributed by atoms with van der Waals surface area (Å²) in [7, 11) is 0. The Morgan fingerprint density at radius 2 is 1.08 bits per heavy atom. The summed E-state index contributed by atoms with van der Waals surface area (Å²) < 4.78 is 0. The average Bonchev–Trinajstić information content (AvgIpc) is 3.16. The van der Waals surface area contributed by atoms with Crippen LogP contribution in [0.15, 0.2) is 97.1 Å². The molecule has 37 heavy (non-hydrogen) atoms. The molecule has 5 aromatic rings. The number of rotatable bonds is 0. The van der Waals surface area contributed by atoms with Crippen LogP contribution in [0.2, 0.25) is 10.0 Å². The van der Waals surface area contributed by atoms with E-state index in [2.05, 4.69) is 111 Å². The third kappa shape index (κ3) is 2.70. The fourth-order valence-corrected chi connectivity index (χ4v) is 7.89. The monoisotopic (exact) mass is 514 g/mol. The molecule has 3 aliphatic rings. The lowest BCUT2D eigenvalue weighted by Gasteiger charge is -2.43. The van der Waals surface area contributed by atoms with Crippen LogP contribution in [0.4, 0.5) is 0 Å². The smallest absolute Gasteiger partial charge is 0.0598 e. The van der Waals surface area contributed by atoms with Crippen LogP contribution in [0, 0.1) is 0 Å². The van der Waals surface area contributed by atoms with Gasteiger partial charge in [0, 0.05) is 17.3 Å². The fourth-order valence-electron chi connectivity index (χ4n) is 7.56. The normalized spacial score (nSPS) is 19.0. The highest BCUT2D eigenvalue weighted by Crippen LogP contribution is 2.63. The number of halogens is 2. The van der Waals surface area contributed by atoms with Gasteiger partial charge in [0.2, 0.25) is 0 Å². The van der Waals surface area contributed by atoms with E-state index in [0.717, 1.165) is 0 Å². The van der Waals surface area contributed by atoms with Crippen LogP contribution in [0.1, 0.15) is 59.1 Å². The lowest BCUT2D eigenvalue weighted by Crippen LogP contribution is -2.26. The van der Waals surface area contributed by atoms with Gasteiger partial charge in [-0.2, -0.15) is 0 Å². The standard InChI is InChI=1S/C35H24Cl2/c1-35(2)28-14-8-7-11-21(28)24-15-16-25-31-22-12-5-3-9-19(22)20-10-4-6-13-23(20)32(31)26-17-29(36)30(37)18-27(26)33(25)34(24)35/h3-18,31-32H,1-2H3. The molecule has 0 saturated heterocycles. The molecular formula is C35H24Cl2. The van der Waals surface area contributed by atoms with E-state index in [1.165, 1.54) is 66.8 Å². The first-order valence-electron chi connectivity index (χ1n) is 12.9. The maximum absolute atomic E-state index is 6.75. The maximum atomic E-state index is 6.75. The molecule has 0 radical (unpaired) electrons. The van der Waals surface area contributed by atoms with E-state index in [1.54, 1.807) is 0 Å². The van der Waals surface area contributed by atoms with Crippen molar-refractivity contribution in [2.24, 2.45) is 0 Å². The number of hydrogen-bond donors (Lipinski definition) is 0. The van der Waals surface area contributed by atoms with E-state index in [4.69, 9.17) is 23.2 Å². The fraction of sp³-hybridized carbons (Fsp3) is 0.143. The number of benzene rings is 5. The number of fused-ring (bicyclic) bond motifs is 15. The Labute approximate surface area is 227 Å². The lowest BCUT2D eigenvalue weighted by molar-refractivity contribution is 0.645. The van der Waals surface area contributed by atoms with Crippen LogP contribution in [0.25, 0.3) is 33.4 Å². The van der Waals surface area contributed by atoms with Gasteiger partial charge in [0.15, 0.2) is 0 Å². The Balaban J connectivity index is 1.54. The molecule has 3 aliphatic carbocycles. The molecule has 0 aromatic heterocycles. The Morgan fingerprint density at radius 3 is 1.78 bits per heavy atom. The van der Waals surface area contributed by atoms with E-state index in [-0.39, 0.29) is 17.3 Å². The van der Waals surface area contributed by atoms with Gasteiger partial charge in [-0.3, -0.25) is 0 Å². The van der Waals surface area contributed by atoms with Crippen molar-refractivity contribution in [2.45, 2.75) is 31.1 Å². The molecule has 2 heteroatoms. The van der Waals surface area contributed by atoms with Crippen molar-refractivity contribution < 1.29 is 0 Å². The largest absolute Gasteiger partial charge is 0.0827 e. The van der Waals surface area contributed by atoms with Crippen LogP contribution >= 0.6 is 23.2 Å². The molecule has 0 aliphatic heterocycles. The second-order valence-electron chi connectivity index (χ2n) is 11.1. The maximum Gasteiger partial charge on any atom is 0.0598 e. The first kappa shape index (κ1) is 21.7. The van der Waals surface area contributed by atoms with Gasteiger partial charge in [-0.05, 0) is 78.9 Å². The minimum atomic E-state index is -0.125. The lowest BCUT2D eigenvalue weighted by atomic mass is 9.60. The van der Waals surface area contributed by atoms with Crippen LogP contribution in [0.3, 0.4) is 0 Å². The van der Waals surface area contributed by atoms with Gasteiger partial charge in [0.05, 0.1) is 10.0 Å². The third-order valence-electron chi connectivity index (χ3n) is 9.00. The molecule has 2 unspecified atom stereocenters. The SMILES string of the molecule is CC1(C)c2ccccc2-c2ccc3c(c21)-c1cc(Cl)c(Cl)cc1C1c2ccccc2-c2ccccc2C31. The van der Waals surface area contributed by atoms with Gasteiger partial charge in [-0.25, -0.2) is 0 Å². The summed E-state index contributed by atoms with van der Waals surface area (Å²) in [6.07, 6.45) is 0. The predicted octanol–water partition coefficient (Wildman–Crippen LogP) is 10.2. The van der Waals surface area contributed by atoms with Crippen molar-refractivity contribution in [1.29, 1.82) is 0 Å². The molecule has 2 atom stereocenters. The Hall–Kier alpha value is -3.32. The Kier molecular flexibility index (Phi) is 4.33. The van der Waals surface area contributed by atoms with Crippen LogP contribution in [-0.2, 0) is 5.41 Å². The quantitative estimate of drug-likeness (QED) is 0.192. The topological polar surface area (TPSA) is 0 Å². The summed E-state index contributed by atoms with van der Waals surface area (Å²) in [5.74, 6) is 0.379. The van der Waals surface area contributed by atoms with E-state index >= 15 is 0 Å². The van der Waals surface area contributed by atoms with Gasteiger partial charge < -0.3 is 0 Å². The minimum absolute atomic E-state index is 0.125. The van der Waals surface area contributed by atoms with E-state index in [1.807, 2.05) is 0 Å². The predicted molar refractivity (Wildman–Crippen MR) is 155 cm³/mol. The summed E-state index contributed by atoms with van der Waals surface area (Å²) in [4.78, 5) is 0. The second-order valence-corrected chi connectivity index (χ2v) is 11.9. The molecule has 0 fully saturated rings. The molecule has 8 rings (SSSR count).